The monoisotopic (exact) mass is 240 g/mol. The maximum Gasteiger partial charge on any atom is 0.294 e. The Balaban J connectivity index is 3.62. The molecule has 0 saturated heterocycles. The average molecular weight is 240 g/mol. The van der Waals surface area contributed by atoms with Crippen LogP contribution < -0.4 is 0 Å². The lowest BCUT2D eigenvalue weighted by molar-refractivity contribution is 0.482. The Hall–Kier alpha value is -1.13. The van der Waals surface area contributed by atoms with Gasteiger partial charge in [0, 0.05) is 0 Å². The molecule has 1 N–H and O–H groups in total. The zero-order valence-electron chi connectivity index (χ0n) is 9.53. The minimum atomic E-state index is -4.14. The van der Waals surface area contributed by atoms with Crippen LogP contribution in [-0.2, 0) is 23.0 Å². The quantitative estimate of drug-likeness (QED) is 0.823. The molecule has 0 aliphatic carbocycles. The van der Waals surface area contributed by atoms with Gasteiger partial charge in [-0.1, -0.05) is 32.6 Å². The first-order valence-corrected chi connectivity index (χ1v) is 6.64. The summed E-state index contributed by atoms with van der Waals surface area (Å²) < 4.78 is 31.6. The van der Waals surface area contributed by atoms with Crippen LogP contribution in [-0.4, -0.2) is 13.0 Å². The first-order valence-electron chi connectivity index (χ1n) is 5.20. The molecule has 0 heterocycles. The van der Waals surface area contributed by atoms with Gasteiger partial charge in [0.2, 0.25) is 0 Å². The van der Waals surface area contributed by atoms with Gasteiger partial charge in [-0.3, -0.25) is 4.55 Å². The van der Waals surface area contributed by atoms with Crippen LogP contribution in [0.4, 0.5) is 0 Å². The number of benzene rings is 1. The average Bonchev–Trinajstić information content (AvgIpc) is 2.25. The largest absolute Gasteiger partial charge is 0.294 e. The molecule has 1 aromatic carbocycles. The van der Waals surface area contributed by atoms with Crippen molar-refractivity contribution in [3.05, 3.63) is 35.4 Å². The van der Waals surface area contributed by atoms with E-state index in [4.69, 9.17) is 4.55 Å². The molecule has 0 aliphatic heterocycles. The molecule has 0 bridgehead atoms. The van der Waals surface area contributed by atoms with E-state index in [9.17, 15) is 8.42 Å². The molecule has 88 valence electrons. The zero-order valence-corrected chi connectivity index (χ0v) is 10.3. The van der Waals surface area contributed by atoms with Gasteiger partial charge in [-0.25, -0.2) is 0 Å². The molecule has 0 fully saturated rings. The minimum absolute atomic E-state index is 0.0115. The summed E-state index contributed by atoms with van der Waals surface area (Å²) in [6.45, 7) is 7.52. The lowest BCUT2D eigenvalue weighted by atomic mass is 9.97. The summed E-state index contributed by atoms with van der Waals surface area (Å²) in [4.78, 5) is 0.0115. The van der Waals surface area contributed by atoms with E-state index >= 15 is 0 Å². The molecule has 0 unspecified atom stereocenters. The molecule has 0 radical (unpaired) electrons. The van der Waals surface area contributed by atoms with E-state index in [0.717, 1.165) is 11.1 Å². The highest BCUT2D eigenvalue weighted by atomic mass is 32.2. The number of hydrogen-bond acceptors (Lipinski definition) is 2. The maximum atomic E-state index is 11.2. The van der Waals surface area contributed by atoms with Crippen molar-refractivity contribution in [1.82, 2.24) is 0 Å². The number of hydrogen-bond donors (Lipinski definition) is 1. The Labute approximate surface area is 96.6 Å². The van der Waals surface area contributed by atoms with Gasteiger partial charge < -0.3 is 0 Å². The van der Waals surface area contributed by atoms with Crippen LogP contribution in [0.2, 0.25) is 0 Å². The van der Waals surface area contributed by atoms with Gasteiger partial charge in [0.15, 0.2) is 0 Å². The Bertz CT molecular complexity index is 501. The molecule has 0 amide bonds. The second-order valence-electron chi connectivity index (χ2n) is 3.50. The number of rotatable bonds is 4. The summed E-state index contributed by atoms with van der Waals surface area (Å²) in [7, 11) is -4.14. The highest BCUT2D eigenvalue weighted by Crippen LogP contribution is 2.25. The zero-order chi connectivity index (χ0) is 12.3. The SMILES string of the molecule is C=Cc1ccc(S(=O)(=O)O)c(CC)c1CC. The van der Waals surface area contributed by atoms with E-state index in [1.165, 1.54) is 6.07 Å². The van der Waals surface area contributed by atoms with Gasteiger partial charge in [0.1, 0.15) is 0 Å². The summed E-state index contributed by atoms with van der Waals surface area (Å²) in [5.74, 6) is 0. The predicted octanol–water partition coefficient (Wildman–Crippen LogP) is 2.70. The molecule has 0 aromatic heterocycles. The van der Waals surface area contributed by atoms with Crippen molar-refractivity contribution in [2.75, 3.05) is 0 Å². The van der Waals surface area contributed by atoms with Crippen molar-refractivity contribution < 1.29 is 13.0 Å². The topological polar surface area (TPSA) is 54.4 Å². The Kier molecular flexibility index (Phi) is 3.88. The van der Waals surface area contributed by atoms with Crippen LogP contribution >= 0.6 is 0 Å². The molecule has 16 heavy (non-hydrogen) atoms. The fourth-order valence-electron chi connectivity index (χ4n) is 1.93. The van der Waals surface area contributed by atoms with Crippen molar-refractivity contribution in [2.24, 2.45) is 0 Å². The first-order chi connectivity index (χ1) is 7.45. The van der Waals surface area contributed by atoms with E-state index in [-0.39, 0.29) is 4.90 Å². The van der Waals surface area contributed by atoms with Crippen molar-refractivity contribution in [3.8, 4) is 0 Å². The van der Waals surface area contributed by atoms with Crippen molar-refractivity contribution >= 4 is 16.2 Å². The normalized spacial score (nSPS) is 11.4. The van der Waals surface area contributed by atoms with Crippen LogP contribution in [0.5, 0.6) is 0 Å². The standard InChI is InChI=1S/C12H16O3S/c1-4-9-7-8-12(16(13,14)15)11(6-3)10(9)5-2/h4,7-8H,1,5-6H2,2-3H3,(H,13,14,15). The van der Waals surface area contributed by atoms with Gasteiger partial charge in [0.05, 0.1) is 4.90 Å². The third-order valence-electron chi connectivity index (χ3n) is 2.63. The van der Waals surface area contributed by atoms with E-state index in [0.29, 0.717) is 18.4 Å². The van der Waals surface area contributed by atoms with E-state index < -0.39 is 10.1 Å². The third-order valence-corrected chi connectivity index (χ3v) is 3.57. The smallest absolute Gasteiger partial charge is 0.282 e. The highest BCUT2D eigenvalue weighted by Gasteiger charge is 2.18. The lowest BCUT2D eigenvalue weighted by Crippen LogP contribution is -2.06. The van der Waals surface area contributed by atoms with E-state index in [1.54, 1.807) is 12.1 Å². The van der Waals surface area contributed by atoms with Crippen LogP contribution in [0.25, 0.3) is 6.08 Å². The first kappa shape index (κ1) is 12.9. The molecule has 1 aromatic rings. The van der Waals surface area contributed by atoms with Gasteiger partial charge in [-0.05, 0) is 35.6 Å². The molecule has 0 atom stereocenters. The molecule has 4 heteroatoms. The van der Waals surface area contributed by atoms with E-state index in [2.05, 4.69) is 6.58 Å². The fraction of sp³-hybridized carbons (Fsp3) is 0.333. The Morgan fingerprint density at radius 1 is 1.25 bits per heavy atom. The van der Waals surface area contributed by atoms with Crippen molar-refractivity contribution in [1.29, 1.82) is 0 Å². The highest BCUT2D eigenvalue weighted by molar-refractivity contribution is 7.85. The predicted molar refractivity (Wildman–Crippen MR) is 65.1 cm³/mol. The van der Waals surface area contributed by atoms with E-state index in [1.807, 2.05) is 13.8 Å². The van der Waals surface area contributed by atoms with Gasteiger partial charge in [-0.15, -0.1) is 0 Å². The third kappa shape index (κ3) is 2.33. The molecule has 3 nitrogen and oxygen atoms in total. The van der Waals surface area contributed by atoms with Gasteiger partial charge >= 0.3 is 0 Å². The van der Waals surface area contributed by atoms with Crippen LogP contribution in [0.15, 0.2) is 23.6 Å². The summed E-state index contributed by atoms with van der Waals surface area (Å²) >= 11 is 0. The van der Waals surface area contributed by atoms with Crippen LogP contribution in [0.1, 0.15) is 30.5 Å². The summed E-state index contributed by atoms with van der Waals surface area (Å²) in [5.41, 5.74) is 2.54. The van der Waals surface area contributed by atoms with Crippen LogP contribution in [0.3, 0.4) is 0 Å². The summed E-state index contributed by atoms with van der Waals surface area (Å²) in [5, 5.41) is 0. The van der Waals surface area contributed by atoms with Crippen LogP contribution in [0, 0.1) is 0 Å². The Morgan fingerprint density at radius 3 is 2.19 bits per heavy atom. The molecule has 0 spiro atoms. The van der Waals surface area contributed by atoms with Gasteiger partial charge in [-0.2, -0.15) is 8.42 Å². The fourth-order valence-corrected chi connectivity index (χ4v) is 2.75. The second kappa shape index (κ2) is 4.80. The molecule has 1 rings (SSSR count). The molecular weight excluding hydrogens is 224 g/mol. The maximum absolute atomic E-state index is 11.2. The lowest BCUT2D eigenvalue weighted by Gasteiger charge is -2.13. The van der Waals surface area contributed by atoms with Gasteiger partial charge in [0.25, 0.3) is 10.1 Å². The molecular formula is C12H16O3S. The van der Waals surface area contributed by atoms with Crippen molar-refractivity contribution in [2.45, 2.75) is 31.6 Å². The molecule has 0 saturated carbocycles. The summed E-state index contributed by atoms with van der Waals surface area (Å²) in [6, 6.07) is 3.11. The summed E-state index contributed by atoms with van der Waals surface area (Å²) in [6.07, 6.45) is 2.99. The minimum Gasteiger partial charge on any atom is -0.282 e. The molecule has 0 aliphatic rings. The Morgan fingerprint density at radius 2 is 1.81 bits per heavy atom. The van der Waals surface area contributed by atoms with Crippen molar-refractivity contribution in [3.63, 3.8) is 0 Å². The second-order valence-corrected chi connectivity index (χ2v) is 4.89.